The number of rotatable bonds is 4. The van der Waals surface area contributed by atoms with Crippen molar-refractivity contribution in [1.29, 1.82) is 0 Å². The maximum Gasteiger partial charge on any atom is 0.160 e. The topological polar surface area (TPSA) is 88.8 Å². The maximum atomic E-state index is 6.16. The maximum absolute atomic E-state index is 6.16. The molecule has 23 heavy (non-hydrogen) atoms. The van der Waals surface area contributed by atoms with E-state index in [1.165, 1.54) is 6.33 Å². The van der Waals surface area contributed by atoms with Crippen LogP contribution >= 0.6 is 11.6 Å². The van der Waals surface area contributed by atoms with Gasteiger partial charge in [-0.05, 0) is 36.8 Å². The van der Waals surface area contributed by atoms with Gasteiger partial charge in [-0.1, -0.05) is 23.7 Å². The van der Waals surface area contributed by atoms with Crippen molar-refractivity contribution in [1.82, 2.24) is 15.0 Å². The molecule has 0 radical (unpaired) electrons. The van der Waals surface area contributed by atoms with Crippen molar-refractivity contribution in [2.24, 2.45) is 0 Å². The highest BCUT2D eigenvalue weighted by Gasteiger charge is 2.10. The largest absolute Gasteiger partial charge is 0.393 e. The van der Waals surface area contributed by atoms with Gasteiger partial charge < -0.3 is 16.4 Å². The number of nitrogens with two attached hydrogens (primary N) is 1. The molecule has 0 fully saturated rings. The molecule has 0 saturated carbocycles. The Kier molecular flexibility index (Phi) is 4.25. The molecule has 1 aromatic carbocycles. The van der Waals surface area contributed by atoms with Gasteiger partial charge in [0, 0.05) is 16.9 Å². The molecule has 0 aliphatic carbocycles. The zero-order chi connectivity index (χ0) is 16.2. The van der Waals surface area contributed by atoms with Crippen LogP contribution in [0.3, 0.4) is 0 Å². The lowest BCUT2D eigenvalue weighted by Gasteiger charge is -2.14. The summed E-state index contributed by atoms with van der Waals surface area (Å²) in [7, 11) is 0. The van der Waals surface area contributed by atoms with E-state index in [1.807, 2.05) is 43.3 Å². The van der Waals surface area contributed by atoms with Gasteiger partial charge in [0.1, 0.15) is 17.8 Å². The van der Waals surface area contributed by atoms with Crippen molar-refractivity contribution in [3.05, 3.63) is 59.5 Å². The lowest BCUT2D eigenvalue weighted by molar-refractivity contribution is 1.16. The van der Waals surface area contributed by atoms with Gasteiger partial charge in [0.15, 0.2) is 11.6 Å². The van der Waals surface area contributed by atoms with E-state index in [0.717, 1.165) is 11.3 Å². The van der Waals surface area contributed by atoms with Gasteiger partial charge in [-0.2, -0.15) is 0 Å². The summed E-state index contributed by atoms with van der Waals surface area (Å²) in [5.41, 5.74) is 8.32. The Bertz CT molecular complexity index is 822. The number of pyridine rings is 1. The fourth-order valence-electron chi connectivity index (χ4n) is 2.02. The lowest BCUT2D eigenvalue weighted by atomic mass is 10.2. The number of hydrogen-bond acceptors (Lipinski definition) is 6. The molecule has 6 nitrogen and oxygen atoms in total. The van der Waals surface area contributed by atoms with Crippen LogP contribution in [0.5, 0.6) is 0 Å². The van der Waals surface area contributed by atoms with Gasteiger partial charge in [0.2, 0.25) is 0 Å². The molecule has 2 aromatic heterocycles. The third kappa shape index (κ3) is 3.32. The van der Waals surface area contributed by atoms with Gasteiger partial charge in [-0.3, -0.25) is 0 Å². The van der Waals surface area contributed by atoms with Crippen LogP contribution in [0.1, 0.15) is 5.56 Å². The number of nitrogens with one attached hydrogen (secondary N) is 2. The van der Waals surface area contributed by atoms with Crippen LogP contribution in [-0.4, -0.2) is 15.0 Å². The van der Waals surface area contributed by atoms with E-state index in [2.05, 4.69) is 25.6 Å². The molecule has 0 aliphatic rings. The smallest absolute Gasteiger partial charge is 0.160 e. The van der Waals surface area contributed by atoms with Crippen LogP contribution in [0.15, 0.2) is 48.9 Å². The molecule has 116 valence electrons. The fraction of sp³-hybridized carbons (Fsp3) is 0.0625. The molecular formula is C16H15ClN6. The van der Waals surface area contributed by atoms with Crippen LogP contribution in [-0.2, 0) is 0 Å². The molecule has 0 amide bonds. The van der Waals surface area contributed by atoms with Crippen molar-refractivity contribution in [2.45, 2.75) is 6.92 Å². The number of nitrogen functional groups attached to an aromatic ring is 1. The lowest BCUT2D eigenvalue weighted by Crippen LogP contribution is -2.06. The Hall–Kier alpha value is -2.86. The number of hydrogen-bond donors (Lipinski definition) is 3. The van der Waals surface area contributed by atoms with E-state index < -0.39 is 0 Å². The summed E-state index contributed by atoms with van der Waals surface area (Å²) in [5.74, 6) is 1.65. The quantitative estimate of drug-likeness (QED) is 0.673. The molecule has 0 spiro atoms. The average Bonchev–Trinajstić information content (AvgIpc) is 2.56. The number of anilines is 5. The van der Waals surface area contributed by atoms with E-state index >= 15 is 0 Å². The first kappa shape index (κ1) is 15.1. The third-order valence-electron chi connectivity index (χ3n) is 3.32. The summed E-state index contributed by atoms with van der Waals surface area (Å²) in [5, 5.41) is 6.93. The van der Waals surface area contributed by atoms with Crippen molar-refractivity contribution in [3.8, 4) is 0 Å². The van der Waals surface area contributed by atoms with Crippen LogP contribution in [0.25, 0.3) is 0 Å². The number of aromatic nitrogens is 3. The minimum atomic E-state index is 0.400. The Morgan fingerprint density at radius 3 is 2.48 bits per heavy atom. The molecule has 0 bridgehead atoms. The first-order valence-corrected chi connectivity index (χ1v) is 7.33. The van der Waals surface area contributed by atoms with Gasteiger partial charge in [-0.15, -0.1) is 0 Å². The summed E-state index contributed by atoms with van der Waals surface area (Å²) in [6.45, 7) is 1.93. The summed E-state index contributed by atoms with van der Waals surface area (Å²) < 4.78 is 0. The normalized spacial score (nSPS) is 10.3. The number of halogens is 1. The van der Waals surface area contributed by atoms with Crippen LogP contribution < -0.4 is 16.4 Å². The molecular weight excluding hydrogens is 312 g/mol. The monoisotopic (exact) mass is 326 g/mol. The zero-order valence-corrected chi connectivity index (χ0v) is 13.2. The molecule has 0 saturated heterocycles. The highest BCUT2D eigenvalue weighted by Crippen LogP contribution is 2.30. The highest BCUT2D eigenvalue weighted by atomic mass is 35.5. The van der Waals surface area contributed by atoms with Crippen molar-refractivity contribution < 1.29 is 0 Å². The predicted octanol–water partition coefficient (Wildman–Crippen LogP) is 3.90. The van der Waals surface area contributed by atoms with E-state index in [0.29, 0.717) is 28.2 Å². The molecule has 0 aliphatic heterocycles. The Balaban J connectivity index is 1.89. The predicted molar refractivity (Wildman–Crippen MR) is 93.4 cm³/mol. The van der Waals surface area contributed by atoms with E-state index in [1.54, 1.807) is 6.20 Å². The van der Waals surface area contributed by atoms with Gasteiger partial charge in [0.25, 0.3) is 0 Å². The van der Waals surface area contributed by atoms with Crippen molar-refractivity contribution in [3.63, 3.8) is 0 Å². The summed E-state index contributed by atoms with van der Waals surface area (Å²) in [4.78, 5) is 12.5. The molecule has 0 unspecified atom stereocenters. The van der Waals surface area contributed by atoms with E-state index in [9.17, 15) is 0 Å². The first-order chi connectivity index (χ1) is 11.1. The first-order valence-electron chi connectivity index (χ1n) is 6.96. The molecule has 4 N–H and O–H groups in total. The van der Waals surface area contributed by atoms with Crippen LogP contribution in [0.2, 0.25) is 5.02 Å². The second kappa shape index (κ2) is 6.50. The van der Waals surface area contributed by atoms with Gasteiger partial charge in [0.05, 0.1) is 0 Å². The van der Waals surface area contributed by atoms with E-state index in [-0.39, 0.29) is 0 Å². The Labute approximate surface area is 138 Å². The van der Waals surface area contributed by atoms with Crippen LogP contribution in [0, 0.1) is 6.92 Å². The fourth-order valence-corrected chi connectivity index (χ4v) is 2.20. The highest BCUT2D eigenvalue weighted by molar-refractivity contribution is 6.31. The minimum Gasteiger partial charge on any atom is -0.393 e. The Morgan fingerprint density at radius 1 is 0.957 bits per heavy atom. The molecule has 3 aromatic rings. The van der Waals surface area contributed by atoms with Crippen molar-refractivity contribution >= 4 is 40.4 Å². The minimum absolute atomic E-state index is 0.400. The molecule has 7 heteroatoms. The second-order valence-corrected chi connectivity index (χ2v) is 5.27. The molecule has 3 rings (SSSR count). The molecule has 0 atom stereocenters. The third-order valence-corrected chi connectivity index (χ3v) is 3.73. The summed E-state index contributed by atoms with van der Waals surface area (Å²) in [6, 6.07) is 11.1. The van der Waals surface area contributed by atoms with Crippen molar-refractivity contribution in [2.75, 3.05) is 16.4 Å². The molecule has 2 heterocycles. The van der Waals surface area contributed by atoms with E-state index in [4.69, 9.17) is 17.3 Å². The summed E-state index contributed by atoms with van der Waals surface area (Å²) >= 11 is 6.13. The van der Waals surface area contributed by atoms with Gasteiger partial charge in [-0.25, -0.2) is 15.0 Å². The standard InChI is InChI=1S/C16H15ClN6/c1-10-11(17)5-4-6-12(10)22-15-14(18)16(21-9-20-15)23-13-7-2-3-8-19-13/h2-9H,18H2,1H3,(H2,19,20,21,22,23). The number of nitrogens with zero attached hydrogens (tertiary/aromatic N) is 3. The Morgan fingerprint density at radius 2 is 1.74 bits per heavy atom. The number of benzene rings is 1. The SMILES string of the molecule is Cc1c(Cl)cccc1Nc1ncnc(Nc2ccccn2)c1N. The van der Waals surface area contributed by atoms with Gasteiger partial charge >= 0.3 is 0 Å². The second-order valence-electron chi connectivity index (χ2n) is 4.86. The summed E-state index contributed by atoms with van der Waals surface area (Å²) in [6.07, 6.45) is 3.12. The average molecular weight is 327 g/mol. The van der Waals surface area contributed by atoms with Crippen LogP contribution in [0.4, 0.5) is 28.8 Å². The zero-order valence-electron chi connectivity index (χ0n) is 12.4.